The van der Waals surface area contributed by atoms with Gasteiger partial charge in [-0.25, -0.2) is 9.97 Å². The molecule has 0 radical (unpaired) electrons. The van der Waals surface area contributed by atoms with E-state index in [1.165, 1.54) is 14.7 Å². The van der Waals surface area contributed by atoms with Crippen LogP contribution in [0.2, 0.25) is 0 Å². The summed E-state index contributed by atoms with van der Waals surface area (Å²) < 4.78 is 1.27. The van der Waals surface area contributed by atoms with Crippen LogP contribution in [0.15, 0.2) is 41.9 Å². The molecule has 0 amide bonds. The topological polar surface area (TPSA) is 27.0 Å². The summed E-state index contributed by atoms with van der Waals surface area (Å²) in [5.74, 6) is 6.23. The van der Waals surface area contributed by atoms with Crippen LogP contribution in [0.4, 0.5) is 0 Å². The van der Waals surface area contributed by atoms with Gasteiger partial charge in [0.05, 0.1) is 16.1 Å². The number of hydrogen-bond acceptors (Lipinski definition) is 2. The lowest BCUT2D eigenvalue weighted by Crippen LogP contribution is -2.07. The predicted octanol–water partition coefficient (Wildman–Crippen LogP) is 4.25. The predicted molar refractivity (Wildman–Crippen MR) is 98.7 cm³/mol. The van der Waals surface area contributed by atoms with E-state index < -0.39 is 0 Å². The Hall–Kier alpha value is -1.71. The maximum Gasteiger partial charge on any atom is 0.211 e. The normalized spacial score (nSPS) is 10.1. The van der Waals surface area contributed by atoms with Crippen molar-refractivity contribution in [2.24, 2.45) is 0 Å². The number of rotatable bonds is 1. The summed E-state index contributed by atoms with van der Waals surface area (Å²) in [7, 11) is 0. The molecule has 3 rings (SSSR count). The molecule has 0 fully saturated rings. The molecular weight excluding hydrogens is 403 g/mol. The molecule has 1 aromatic carbocycles. The average molecular weight is 417 g/mol. The molecule has 3 aromatic rings. The Bertz CT molecular complexity index is 870. The van der Waals surface area contributed by atoms with Crippen molar-refractivity contribution in [2.45, 2.75) is 13.8 Å². The first-order valence-electron chi connectivity index (χ1n) is 6.85. The van der Waals surface area contributed by atoms with Gasteiger partial charge >= 0.3 is 0 Å². The molecule has 0 aliphatic heterocycles. The lowest BCUT2D eigenvalue weighted by Gasteiger charge is -2.03. The molecule has 2 aromatic heterocycles. The zero-order valence-corrected chi connectivity index (χ0v) is 15.2. The fourth-order valence-corrected chi connectivity index (χ4v) is 3.17. The number of thiazole rings is 1. The number of H-pyrrole nitrogens is 1. The summed E-state index contributed by atoms with van der Waals surface area (Å²) in [6.45, 7) is 4.13. The minimum Gasteiger partial charge on any atom is -0.233 e. The molecule has 0 saturated carbocycles. The van der Waals surface area contributed by atoms with Crippen LogP contribution in [0.5, 0.6) is 0 Å². The molecule has 0 aliphatic carbocycles. The zero-order chi connectivity index (χ0) is 15.5. The molecule has 2 nitrogen and oxygen atoms in total. The van der Waals surface area contributed by atoms with Gasteiger partial charge < -0.3 is 0 Å². The molecule has 108 valence electrons. The van der Waals surface area contributed by atoms with Gasteiger partial charge in [-0.05, 0) is 66.1 Å². The minimum absolute atomic E-state index is 0.833. The maximum atomic E-state index is 4.35. The van der Waals surface area contributed by atoms with E-state index in [-0.39, 0.29) is 0 Å². The van der Waals surface area contributed by atoms with E-state index in [4.69, 9.17) is 0 Å². The van der Waals surface area contributed by atoms with Crippen molar-refractivity contribution in [1.82, 2.24) is 4.98 Å². The van der Waals surface area contributed by atoms with E-state index >= 15 is 0 Å². The van der Waals surface area contributed by atoms with Crippen LogP contribution in [0.3, 0.4) is 0 Å². The van der Waals surface area contributed by atoms with Crippen molar-refractivity contribution in [3.63, 3.8) is 0 Å². The lowest BCUT2D eigenvalue weighted by atomic mass is 10.0. The highest BCUT2D eigenvalue weighted by Gasteiger charge is 2.10. The second kappa shape index (κ2) is 6.59. The van der Waals surface area contributed by atoms with Crippen molar-refractivity contribution in [1.29, 1.82) is 0 Å². The van der Waals surface area contributed by atoms with Crippen LogP contribution in [-0.2, 0) is 0 Å². The van der Waals surface area contributed by atoms with Crippen LogP contribution in [0.25, 0.3) is 11.3 Å². The van der Waals surface area contributed by atoms with Gasteiger partial charge in [-0.2, -0.15) is 0 Å². The number of aryl methyl sites for hydroxylation is 1. The lowest BCUT2D eigenvalue weighted by molar-refractivity contribution is -0.364. The van der Waals surface area contributed by atoms with Gasteiger partial charge in [0, 0.05) is 15.0 Å². The number of aromatic amines is 1. The van der Waals surface area contributed by atoms with Gasteiger partial charge in [0.15, 0.2) is 6.20 Å². The van der Waals surface area contributed by atoms with E-state index in [9.17, 15) is 0 Å². The van der Waals surface area contributed by atoms with Gasteiger partial charge in [0.25, 0.3) is 0 Å². The molecule has 0 spiro atoms. The highest BCUT2D eigenvalue weighted by atomic mass is 127. The molecule has 0 saturated heterocycles. The average Bonchev–Trinajstić information content (AvgIpc) is 2.94. The molecule has 4 heteroatoms. The second-order valence-corrected chi connectivity index (χ2v) is 7.13. The van der Waals surface area contributed by atoms with Crippen LogP contribution < -0.4 is 4.98 Å². The zero-order valence-electron chi connectivity index (χ0n) is 12.3. The summed E-state index contributed by atoms with van der Waals surface area (Å²) in [6.07, 6.45) is 1.95. The summed E-state index contributed by atoms with van der Waals surface area (Å²) in [5.41, 5.74) is 5.40. The standard InChI is InChI=1S/C18H13IN2S/c1-12-16(4-3-5-17(12)19)18-9-7-14(10-20-18)6-8-15-11-22-13(2)21-15/h3-5,7,9-11H,1-2H3/p+1. The molecule has 0 aliphatic rings. The molecular formula is C18H14IN2S+. The Labute approximate surface area is 147 Å². The van der Waals surface area contributed by atoms with Gasteiger partial charge in [-0.1, -0.05) is 12.0 Å². The molecule has 0 bridgehead atoms. The fourth-order valence-electron chi connectivity index (χ4n) is 2.13. The van der Waals surface area contributed by atoms with Crippen LogP contribution >= 0.6 is 33.9 Å². The fraction of sp³-hybridized carbons (Fsp3) is 0.111. The van der Waals surface area contributed by atoms with Gasteiger partial charge in [-0.3, -0.25) is 0 Å². The van der Waals surface area contributed by atoms with Crippen molar-refractivity contribution in [3.05, 3.63) is 67.3 Å². The summed E-state index contributed by atoms with van der Waals surface area (Å²) >= 11 is 3.98. The first kappa shape index (κ1) is 15.2. The van der Waals surface area contributed by atoms with Crippen molar-refractivity contribution >= 4 is 33.9 Å². The Morgan fingerprint density at radius 1 is 1.14 bits per heavy atom. The largest absolute Gasteiger partial charge is 0.233 e. The van der Waals surface area contributed by atoms with Gasteiger partial charge in [0.2, 0.25) is 5.69 Å². The van der Waals surface area contributed by atoms with Gasteiger partial charge in [0.1, 0.15) is 5.69 Å². The Morgan fingerprint density at radius 3 is 2.68 bits per heavy atom. The van der Waals surface area contributed by atoms with Crippen molar-refractivity contribution in [3.8, 4) is 23.1 Å². The van der Waals surface area contributed by atoms with Crippen LogP contribution in [0, 0.1) is 29.3 Å². The number of hydrogen-bond donors (Lipinski definition) is 0. The molecule has 22 heavy (non-hydrogen) atoms. The number of aromatic nitrogens is 2. The first-order valence-corrected chi connectivity index (χ1v) is 8.81. The first-order chi connectivity index (χ1) is 10.6. The summed E-state index contributed by atoms with van der Waals surface area (Å²) in [4.78, 5) is 7.69. The number of nitrogens with one attached hydrogen (secondary N) is 1. The number of pyridine rings is 1. The van der Waals surface area contributed by atoms with Crippen LogP contribution in [0.1, 0.15) is 21.8 Å². The smallest absolute Gasteiger partial charge is 0.211 e. The van der Waals surface area contributed by atoms with Crippen molar-refractivity contribution < 1.29 is 4.98 Å². The molecule has 1 N–H and O–H groups in total. The number of halogens is 1. The van der Waals surface area contributed by atoms with E-state index in [0.29, 0.717) is 0 Å². The van der Waals surface area contributed by atoms with E-state index in [1.807, 2.05) is 24.6 Å². The van der Waals surface area contributed by atoms with Crippen molar-refractivity contribution in [2.75, 3.05) is 0 Å². The third-order valence-electron chi connectivity index (χ3n) is 3.32. The maximum absolute atomic E-state index is 4.35. The highest BCUT2D eigenvalue weighted by molar-refractivity contribution is 14.1. The van der Waals surface area contributed by atoms with E-state index in [1.54, 1.807) is 11.3 Å². The Balaban J connectivity index is 1.87. The van der Waals surface area contributed by atoms with E-state index in [0.717, 1.165) is 22.0 Å². The van der Waals surface area contributed by atoms with Crippen LogP contribution in [-0.4, -0.2) is 4.98 Å². The minimum atomic E-state index is 0.833. The van der Waals surface area contributed by atoms with E-state index in [2.05, 4.69) is 75.6 Å². The highest BCUT2D eigenvalue weighted by Crippen LogP contribution is 2.23. The summed E-state index contributed by atoms with van der Waals surface area (Å²) in [6, 6.07) is 10.4. The Kier molecular flexibility index (Phi) is 4.55. The number of benzene rings is 1. The summed E-state index contributed by atoms with van der Waals surface area (Å²) in [5, 5.41) is 3.02. The quantitative estimate of drug-likeness (QED) is 0.430. The second-order valence-electron chi connectivity index (χ2n) is 4.91. The van der Waals surface area contributed by atoms with Gasteiger partial charge in [-0.15, -0.1) is 11.3 Å². The monoisotopic (exact) mass is 417 g/mol. The Morgan fingerprint density at radius 2 is 2.00 bits per heavy atom. The molecule has 0 unspecified atom stereocenters. The third kappa shape index (κ3) is 3.37. The molecule has 2 heterocycles. The third-order valence-corrected chi connectivity index (χ3v) is 5.27. The molecule has 0 atom stereocenters. The SMILES string of the molecule is Cc1nc(C#Cc2ccc(-c3cccc(I)c3C)[nH+]c2)cs1. The number of nitrogens with zero attached hydrogens (tertiary/aromatic N) is 1.